The maximum absolute atomic E-state index is 12.1. The summed E-state index contributed by atoms with van der Waals surface area (Å²) in [6, 6.07) is 1.76. The Morgan fingerprint density at radius 3 is 2.53 bits per heavy atom. The number of carbonyl (C=O) groups is 2. The van der Waals surface area contributed by atoms with Crippen molar-refractivity contribution in [1.29, 1.82) is 0 Å². The number of aryl methyl sites for hydroxylation is 2. The van der Waals surface area contributed by atoms with E-state index in [4.69, 9.17) is 5.11 Å². The van der Waals surface area contributed by atoms with Gasteiger partial charge in [0.05, 0.1) is 11.8 Å². The summed E-state index contributed by atoms with van der Waals surface area (Å²) >= 11 is 0. The van der Waals surface area contributed by atoms with Gasteiger partial charge in [0.15, 0.2) is 5.82 Å². The molecule has 0 radical (unpaired) electrons. The minimum atomic E-state index is -0.929. The third-order valence-corrected chi connectivity index (χ3v) is 3.45. The molecule has 2 atom stereocenters. The molecule has 0 spiro atoms. The maximum Gasteiger partial charge on any atom is 0.307 e. The van der Waals surface area contributed by atoms with Crippen LogP contribution in [-0.4, -0.2) is 26.8 Å². The standard InChI is InChI=1S/C13H17N3O3/c1-8-7-11(15-16(8)2)14-12(17)9-5-3-4-6-10(9)13(18)19/h3-4,7,9-10H,5-6H2,1-2H3,(H,18,19)(H,14,15,17)/t9-,10+/m0/s1. The van der Waals surface area contributed by atoms with E-state index in [1.807, 2.05) is 19.1 Å². The van der Waals surface area contributed by atoms with Crippen LogP contribution >= 0.6 is 0 Å². The van der Waals surface area contributed by atoms with Crippen molar-refractivity contribution in [2.75, 3.05) is 5.32 Å². The fourth-order valence-electron chi connectivity index (χ4n) is 2.22. The van der Waals surface area contributed by atoms with Gasteiger partial charge in [-0.25, -0.2) is 0 Å². The largest absolute Gasteiger partial charge is 0.481 e. The molecule has 0 saturated carbocycles. The molecule has 1 heterocycles. The van der Waals surface area contributed by atoms with Crippen molar-refractivity contribution < 1.29 is 14.7 Å². The van der Waals surface area contributed by atoms with Crippen molar-refractivity contribution in [1.82, 2.24) is 9.78 Å². The summed E-state index contributed by atoms with van der Waals surface area (Å²) in [7, 11) is 1.79. The first kappa shape index (κ1) is 13.3. The molecule has 6 nitrogen and oxygen atoms in total. The van der Waals surface area contributed by atoms with Crippen LogP contribution in [0.4, 0.5) is 5.82 Å². The van der Waals surface area contributed by atoms with E-state index < -0.39 is 17.8 Å². The number of nitrogens with one attached hydrogen (secondary N) is 1. The van der Waals surface area contributed by atoms with E-state index in [0.29, 0.717) is 18.7 Å². The van der Waals surface area contributed by atoms with Crippen molar-refractivity contribution >= 4 is 17.7 Å². The number of nitrogens with zero attached hydrogens (tertiary/aromatic N) is 2. The summed E-state index contributed by atoms with van der Waals surface area (Å²) in [5.74, 6) is -1.94. The monoisotopic (exact) mass is 263 g/mol. The number of aromatic nitrogens is 2. The summed E-state index contributed by atoms with van der Waals surface area (Å²) in [6.07, 6.45) is 4.52. The highest BCUT2D eigenvalue weighted by molar-refractivity contribution is 5.94. The van der Waals surface area contributed by atoms with Crippen LogP contribution in [0.1, 0.15) is 18.5 Å². The number of anilines is 1. The summed E-state index contributed by atoms with van der Waals surface area (Å²) in [5, 5.41) is 16.0. The Balaban J connectivity index is 2.10. The van der Waals surface area contributed by atoms with Gasteiger partial charge < -0.3 is 10.4 Å². The summed E-state index contributed by atoms with van der Waals surface area (Å²) in [5.41, 5.74) is 0.925. The molecule has 1 aliphatic rings. The molecule has 2 N–H and O–H groups in total. The number of aliphatic carboxylic acids is 1. The van der Waals surface area contributed by atoms with Gasteiger partial charge >= 0.3 is 5.97 Å². The summed E-state index contributed by atoms with van der Waals surface area (Å²) in [4.78, 5) is 23.3. The van der Waals surface area contributed by atoms with Crippen molar-refractivity contribution in [3.8, 4) is 0 Å². The molecule has 1 amide bonds. The molecule has 19 heavy (non-hydrogen) atoms. The van der Waals surface area contributed by atoms with Crippen molar-refractivity contribution in [3.05, 3.63) is 23.9 Å². The molecule has 0 aromatic carbocycles. The predicted molar refractivity (Wildman–Crippen MR) is 69.6 cm³/mol. The zero-order valence-electron chi connectivity index (χ0n) is 11.0. The molecule has 0 saturated heterocycles. The second-order valence-electron chi connectivity index (χ2n) is 4.78. The topological polar surface area (TPSA) is 84.2 Å². The third kappa shape index (κ3) is 2.83. The number of hydrogen-bond acceptors (Lipinski definition) is 3. The third-order valence-electron chi connectivity index (χ3n) is 3.45. The number of hydrogen-bond donors (Lipinski definition) is 2. The Bertz CT molecular complexity index is 514. The Morgan fingerprint density at radius 2 is 2.00 bits per heavy atom. The smallest absolute Gasteiger partial charge is 0.307 e. The molecule has 0 bridgehead atoms. The van der Waals surface area contributed by atoms with Crippen LogP contribution in [0.25, 0.3) is 0 Å². The SMILES string of the molecule is Cc1cc(NC(=O)[C@H]2CC=CC[C@H]2C(=O)O)nn1C. The lowest BCUT2D eigenvalue weighted by molar-refractivity contribution is -0.146. The highest BCUT2D eigenvalue weighted by atomic mass is 16.4. The number of rotatable bonds is 3. The summed E-state index contributed by atoms with van der Waals surface area (Å²) < 4.78 is 1.66. The first-order valence-electron chi connectivity index (χ1n) is 6.18. The van der Waals surface area contributed by atoms with Crippen LogP contribution in [-0.2, 0) is 16.6 Å². The van der Waals surface area contributed by atoms with E-state index >= 15 is 0 Å². The molecule has 6 heteroatoms. The van der Waals surface area contributed by atoms with Crippen LogP contribution in [0, 0.1) is 18.8 Å². The lowest BCUT2D eigenvalue weighted by atomic mass is 9.82. The minimum absolute atomic E-state index is 0.283. The number of carbonyl (C=O) groups excluding carboxylic acids is 1. The molecular weight excluding hydrogens is 246 g/mol. The fraction of sp³-hybridized carbons (Fsp3) is 0.462. The van der Waals surface area contributed by atoms with Crippen molar-refractivity contribution in [2.24, 2.45) is 18.9 Å². The maximum atomic E-state index is 12.1. The number of allylic oxidation sites excluding steroid dienone is 2. The van der Waals surface area contributed by atoms with Gasteiger partial charge in [-0.05, 0) is 19.8 Å². The van der Waals surface area contributed by atoms with Crippen molar-refractivity contribution in [3.63, 3.8) is 0 Å². The van der Waals surface area contributed by atoms with Crippen LogP contribution in [0.15, 0.2) is 18.2 Å². The Morgan fingerprint density at radius 1 is 1.37 bits per heavy atom. The Kier molecular flexibility index (Phi) is 3.69. The van der Waals surface area contributed by atoms with Crippen LogP contribution in [0.3, 0.4) is 0 Å². The quantitative estimate of drug-likeness (QED) is 0.806. The Hall–Kier alpha value is -2.11. The molecule has 0 unspecified atom stereocenters. The van der Waals surface area contributed by atoms with E-state index in [0.717, 1.165) is 5.69 Å². The first-order valence-corrected chi connectivity index (χ1v) is 6.18. The second kappa shape index (κ2) is 5.26. The lowest BCUT2D eigenvalue weighted by Crippen LogP contribution is -2.34. The number of amides is 1. The van der Waals surface area contributed by atoms with Gasteiger partial charge in [-0.3, -0.25) is 14.3 Å². The minimum Gasteiger partial charge on any atom is -0.481 e. The summed E-state index contributed by atoms with van der Waals surface area (Å²) in [6.45, 7) is 1.88. The Labute approximate surface area is 111 Å². The fourth-order valence-corrected chi connectivity index (χ4v) is 2.22. The normalized spacial score (nSPS) is 22.2. The van der Waals surface area contributed by atoms with Gasteiger partial charge in [-0.1, -0.05) is 12.2 Å². The van der Waals surface area contributed by atoms with E-state index in [1.54, 1.807) is 17.8 Å². The van der Waals surface area contributed by atoms with Crippen LogP contribution in [0.2, 0.25) is 0 Å². The van der Waals surface area contributed by atoms with Gasteiger partial charge in [0, 0.05) is 18.8 Å². The average Bonchev–Trinajstić information content (AvgIpc) is 2.68. The van der Waals surface area contributed by atoms with Crippen molar-refractivity contribution in [2.45, 2.75) is 19.8 Å². The average molecular weight is 263 g/mol. The highest BCUT2D eigenvalue weighted by Gasteiger charge is 2.34. The second-order valence-corrected chi connectivity index (χ2v) is 4.78. The predicted octanol–water partition coefficient (Wildman–Crippen LogP) is 1.33. The molecule has 0 aliphatic heterocycles. The molecule has 1 aliphatic carbocycles. The molecule has 1 aromatic heterocycles. The number of carboxylic acids is 1. The molecular formula is C13H17N3O3. The highest BCUT2D eigenvalue weighted by Crippen LogP contribution is 2.27. The van der Waals surface area contributed by atoms with Gasteiger partial charge in [0.25, 0.3) is 0 Å². The van der Waals surface area contributed by atoms with Gasteiger partial charge in [-0.15, -0.1) is 0 Å². The molecule has 2 rings (SSSR count). The molecule has 1 aromatic rings. The van der Waals surface area contributed by atoms with E-state index in [-0.39, 0.29) is 5.91 Å². The number of carboxylic acid groups (broad SMARTS) is 1. The van der Waals surface area contributed by atoms with Gasteiger partial charge in [0.1, 0.15) is 0 Å². The van der Waals surface area contributed by atoms with E-state index in [9.17, 15) is 9.59 Å². The zero-order chi connectivity index (χ0) is 14.0. The van der Waals surface area contributed by atoms with E-state index in [2.05, 4.69) is 10.4 Å². The van der Waals surface area contributed by atoms with Crippen LogP contribution in [0.5, 0.6) is 0 Å². The van der Waals surface area contributed by atoms with Gasteiger partial charge in [-0.2, -0.15) is 5.10 Å². The van der Waals surface area contributed by atoms with Crippen LogP contribution < -0.4 is 5.32 Å². The molecule has 0 fully saturated rings. The lowest BCUT2D eigenvalue weighted by Gasteiger charge is -2.23. The van der Waals surface area contributed by atoms with Gasteiger partial charge in [0.2, 0.25) is 5.91 Å². The first-order chi connectivity index (χ1) is 8.99. The van der Waals surface area contributed by atoms with E-state index in [1.165, 1.54) is 0 Å². The molecule has 102 valence electrons. The zero-order valence-corrected chi connectivity index (χ0v) is 11.0.